The van der Waals surface area contributed by atoms with Crippen LogP contribution in [0.5, 0.6) is 0 Å². The van der Waals surface area contributed by atoms with Crippen molar-refractivity contribution in [1.82, 2.24) is 10.2 Å². The van der Waals surface area contributed by atoms with E-state index in [1.54, 1.807) is 6.20 Å². The molecule has 1 atom stereocenters. The van der Waals surface area contributed by atoms with Crippen LogP contribution in [0.25, 0.3) is 0 Å². The summed E-state index contributed by atoms with van der Waals surface area (Å²) in [6.07, 6.45) is 3.07. The topological polar surface area (TPSA) is 59.9 Å². The molecular formula is C9H11BrN2O2S. The summed E-state index contributed by atoms with van der Waals surface area (Å²) < 4.78 is 23.4. The summed E-state index contributed by atoms with van der Waals surface area (Å²) in [5.74, 6) is 0.818. The fourth-order valence-corrected chi connectivity index (χ4v) is 4.03. The summed E-state index contributed by atoms with van der Waals surface area (Å²) in [5, 5.41) is 7.79. The SMILES string of the molecule is O=S1(=O)CCC(Cc2cc(Br)cnn2)C1. The highest BCUT2D eigenvalue weighted by Gasteiger charge is 2.28. The van der Waals surface area contributed by atoms with E-state index < -0.39 is 9.84 Å². The zero-order valence-electron chi connectivity index (χ0n) is 8.06. The van der Waals surface area contributed by atoms with Gasteiger partial charge in [0.05, 0.1) is 23.4 Å². The van der Waals surface area contributed by atoms with Gasteiger partial charge in [0.25, 0.3) is 0 Å². The van der Waals surface area contributed by atoms with Crippen molar-refractivity contribution in [3.63, 3.8) is 0 Å². The molecule has 1 saturated heterocycles. The van der Waals surface area contributed by atoms with Gasteiger partial charge in [-0.05, 0) is 40.8 Å². The maximum absolute atomic E-state index is 11.3. The van der Waals surface area contributed by atoms with Gasteiger partial charge < -0.3 is 0 Å². The lowest BCUT2D eigenvalue weighted by molar-refractivity contribution is 0.573. The quantitative estimate of drug-likeness (QED) is 0.822. The first kappa shape index (κ1) is 11.0. The first-order valence-electron chi connectivity index (χ1n) is 4.73. The Bertz CT molecular complexity index is 461. The smallest absolute Gasteiger partial charge is 0.150 e. The molecule has 0 amide bonds. The Morgan fingerprint density at radius 2 is 2.33 bits per heavy atom. The molecule has 1 aromatic rings. The molecule has 82 valence electrons. The minimum atomic E-state index is -2.79. The van der Waals surface area contributed by atoms with Gasteiger partial charge in [0, 0.05) is 4.47 Å². The number of sulfone groups is 1. The molecule has 1 aromatic heterocycles. The number of halogens is 1. The zero-order chi connectivity index (χ0) is 10.9. The first-order valence-corrected chi connectivity index (χ1v) is 7.34. The molecule has 6 heteroatoms. The van der Waals surface area contributed by atoms with Crippen molar-refractivity contribution in [2.75, 3.05) is 11.5 Å². The summed E-state index contributed by atoms with van der Waals surface area (Å²) in [6.45, 7) is 0. The molecule has 1 fully saturated rings. The second kappa shape index (κ2) is 4.17. The van der Waals surface area contributed by atoms with E-state index >= 15 is 0 Å². The van der Waals surface area contributed by atoms with Gasteiger partial charge in [-0.1, -0.05) is 0 Å². The third-order valence-corrected chi connectivity index (χ3v) is 4.77. The van der Waals surface area contributed by atoms with E-state index in [1.165, 1.54) is 0 Å². The van der Waals surface area contributed by atoms with E-state index in [0.29, 0.717) is 17.9 Å². The van der Waals surface area contributed by atoms with Crippen LogP contribution in [-0.4, -0.2) is 30.1 Å². The van der Waals surface area contributed by atoms with Gasteiger partial charge in [-0.2, -0.15) is 10.2 Å². The summed E-state index contributed by atoms with van der Waals surface area (Å²) >= 11 is 3.31. The molecule has 0 spiro atoms. The predicted molar refractivity (Wildman–Crippen MR) is 60.2 cm³/mol. The highest BCUT2D eigenvalue weighted by Crippen LogP contribution is 2.22. The first-order chi connectivity index (χ1) is 7.05. The van der Waals surface area contributed by atoms with Crippen LogP contribution >= 0.6 is 15.9 Å². The lowest BCUT2D eigenvalue weighted by atomic mass is 10.0. The molecule has 0 aromatic carbocycles. The maximum atomic E-state index is 11.3. The van der Waals surface area contributed by atoms with Gasteiger partial charge >= 0.3 is 0 Å². The van der Waals surface area contributed by atoms with Crippen molar-refractivity contribution in [3.05, 3.63) is 22.4 Å². The van der Waals surface area contributed by atoms with Gasteiger partial charge in [-0.15, -0.1) is 0 Å². The second-order valence-corrected chi connectivity index (χ2v) is 6.98. The highest BCUT2D eigenvalue weighted by molar-refractivity contribution is 9.10. The van der Waals surface area contributed by atoms with Crippen LogP contribution < -0.4 is 0 Å². The molecule has 2 rings (SSSR count). The Hall–Kier alpha value is -0.490. The van der Waals surface area contributed by atoms with Gasteiger partial charge in [-0.3, -0.25) is 0 Å². The van der Waals surface area contributed by atoms with Gasteiger partial charge in [0.2, 0.25) is 0 Å². The van der Waals surface area contributed by atoms with Crippen molar-refractivity contribution in [2.24, 2.45) is 5.92 Å². The van der Waals surface area contributed by atoms with Crippen LogP contribution in [-0.2, 0) is 16.3 Å². The van der Waals surface area contributed by atoms with E-state index in [4.69, 9.17) is 0 Å². The fraction of sp³-hybridized carbons (Fsp3) is 0.556. The van der Waals surface area contributed by atoms with Crippen LogP contribution in [0.4, 0.5) is 0 Å². The highest BCUT2D eigenvalue weighted by atomic mass is 79.9. The molecule has 0 saturated carbocycles. The van der Waals surface area contributed by atoms with Gasteiger partial charge in [0.15, 0.2) is 9.84 Å². The fourth-order valence-electron chi connectivity index (χ4n) is 1.81. The van der Waals surface area contributed by atoms with Crippen molar-refractivity contribution in [1.29, 1.82) is 0 Å². The van der Waals surface area contributed by atoms with Gasteiger partial charge in [-0.25, -0.2) is 8.42 Å². The molecule has 1 unspecified atom stereocenters. The summed E-state index contributed by atoms with van der Waals surface area (Å²) in [5.41, 5.74) is 0.853. The monoisotopic (exact) mass is 290 g/mol. The number of rotatable bonds is 2. The molecule has 1 aliphatic heterocycles. The normalized spacial score (nSPS) is 24.2. The zero-order valence-corrected chi connectivity index (χ0v) is 10.5. The van der Waals surface area contributed by atoms with Crippen LogP contribution in [0.1, 0.15) is 12.1 Å². The molecule has 4 nitrogen and oxygen atoms in total. The van der Waals surface area contributed by atoms with E-state index in [0.717, 1.165) is 16.6 Å². The molecular weight excluding hydrogens is 280 g/mol. The molecule has 0 radical (unpaired) electrons. The number of hydrogen-bond acceptors (Lipinski definition) is 4. The van der Waals surface area contributed by atoms with Crippen LogP contribution in [0, 0.1) is 5.92 Å². The summed E-state index contributed by atoms with van der Waals surface area (Å²) in [6, 6.07) is 1.89. The Labute approximate surface area is 97.2 Å². The Morgan fingerprint density at radius 3 is 2.93 bits per heavy atom. The minimum absolute atomic E-state index is 0.207. The number of nitrogens with zero attached hydrogens (tertiary/aromatic N) is 2. The molecule has 2 heterocycles. The standard InChI is InChI=1S/C9H11BrN2O2S/c10-8-4-9(12-11-5-8)3-7-1-2-15(13,14)6-7/h4-5,7H,1-3,6H2. The summed E-state index contributed by atoms with van der Waals surface area (Å²) in [7, 11) is -2.79. The molecule has 15 heavy (non-hydrogen) atoms. The van der Waals surface area contributed by atoms with Crippen molar-refractivity contribution >= 4 is 25.8 Å². The number of aromatic nitrogens is 2. The average Bonchev–Trinajstić information content (AvgIpc) is 2.45. The third-order valence-electron chi connectivity index (χ3n) is 2.50. The van der Waals surface area contributed by atoms with E-state index in [2.05, 4.69) is 26.1 Å². The Morgan fingerprint density at radius 1 is 1.53 bits per heavy atom. The van der Waals surface area contributed by atoms with Crippen LogP contribution in [0.2, 0.25) is 0 Å². The Balaban J connectivity index is 2.05. The molecule has 0 N–H and O–H groups in total. The second-order valence-electron chi connectivity index (χ2n) is 3.84. The van der Waals surface area contributed by atoms with Crippen molar-refractivity contribution in [3.8, 4) is 0 Å². The Kier molecular flexibility index (Phi) is 3.06. The van der Waals surface area contributed by atoms with E-state index in [-0.39, 0.29) is 5.92 Å². The third kappa shape index (κ3) is 2.98. The lowest BCUT2D eigenvalue weighted by Gasteiger charge is -2.05. The maximum Gasteiger partial charge on any atom is 0.150 e. The van der Waals surface area contributed by atoms with Gasteiger partial charge in [0.1, 0.15) is 0 Å². The predicted octanol–water partition coefficient (Wildman–Crippen LogP) is 1.22. The van der Waals surface area contributed by atoms with E-state index in [9.17, 15) is 8.42 Å². The van der Waals surface area contributed by atoms with E-state index in [1.807, 2.05) is 6.07 Å². The summed E-state index contributed by atoms with van der Waals surface area (Å²) in [4.78, 5) is 0. The molecule has 0 bridgehead atoms. The molecule has 0 aliphatic carbocycles. The largest absolute Gasteiger partial charge is 0.229 e. The van der Waals surface area contributed by atoms with Crippen molar-refractivity contribution < 1.29 is 8.42 Å². The minimum Gasteiger partial charge on any atom is -0.229 e. The van der Waals surface area contributed by atoms with Crippen LogP contribution in [0.15, 0.2) is 16.7 Å². The van der Waals surface area contributed by atoms with Crippen molar-refractivity contribution in [2.45, 2.75) is 12.8 Å². The lowest BCUT2D eigenvalue weighted by Crippen LogP contribution is -2.08. The number of hydrogen-bond donors (Lipinski definition) is 0. The van der Waals surface area contributed by atoms with Crippen LogP contribution in [0.3, 0.4) is 0 Å². The molecule has 1 aliphatic rings. The average molecular weight is 291 g/mol.